The number of benzene rings is 4. The van der Waals surface area contributed by atoms with Crippen LogP contribution >= 0.6 is 15.9 Å². The number of aryl methyl sites for hydroxylation is 1. The van der Waals surface area contributed by atoms with Gasteiger partial charge in [-0.25, -0.2) is 4.98 Å². The molecule has 6 nitrogen and oxygen atoms in total. The Kier molecular flexibility index (Phi) is 6.35. The molecule has 0 bridgehead atoms. The number of aromatic nitrogens is 2. The molecule has 186 valence electrons. The molecular weight excluding hydrogens is 542 g/mol. The number of fused-ring (bicyclic) bond motifs is 2. The summed E-state index contributed by atoms with van der Waals surface area (Å²) in [6.45, 7) is 2.52. The Labute approximate surface area is 227 Å². The second-order valence-electron chi connectivity index (χ2n) is 8.95. The summed E-state index contributed by atoms with van der Waals surface area (Å²) in [5.74, 6) is 1.49. The van der Waals surface area contributed by atoms with Crippen LogP contribution in [-0.2, 0) is 6.61 Å². The van der Waals surface area contributed by atoms with Crippen LogP contribution in [0, 0.1) is 6.92 Å². The number of nitrogens with zero attached hydrogens (tertiary/aromatic N) is 3. The van der Waals surface area contributed by atoms with Crippen molar-refractivity contribution in [2.75, 3.05) is 0 Å². The minimum atomic E-state index is -0.282. The van der Waals surface area contributed by atoms with Crippen LogP contribution in [0.3, 0.4) is 0 Å². The minimum Gasteiger partial charge on any atom is -0.489 e. The van der Waals surface area contributed by atoms with Gasteiger partial charge in [0.05, 0.1) is 17.1 Å². The summed E-state index contributed by atoms with van der Waals surface area (Å²) in [7, 11) is 0. The third-order valence-corrected chi connectivity index (χ3v) is 6.65. The smallest absolute Gasteiger partial charge is 0.282 e. The van der Waals surface area contributed by atoms with E-state index in [0.717, 1.165) is 21.0 Å². The fraction of sp³-hybridized carbons (Fsp3) is 0.0645. The van der Waals surface area contributed by atoms with Crippen LogP contribution in [0.15, 0.2) is 116 Å². The molecule has 0 aliphatic carbocycles. The highest BCUT2D eigenvalue weighted by atomic mass is 79.9. The Hall–Kier alpha value is -4.49. The van der Waals surface area contributed by atoms with Crippen molar-refractivity contribution in [1.29, 1.82) is 0 Å². The largest absolute Gasteiger partial charge is 0.489 e. The van der Waals surface area contributed by atoms with Crippen molar-refractivity contribution in [2.24, 2.45) is 5.10 Å². The first-order valence-corrected chi connectivity index (χ1v) is 12.9. The number of para-hydroxylation sites is 1. The van der Waals surface area contributed by atoms with Crippen molar-refractivity contribution >= 4 is 44.0 Å². The molecule has 0 aliphatic heterocycles. The van der Waals surface area contributed by atoms with E-state index in [9.17, 15) is 4.79 Å². The van der Waals surface area contributed by atoms with Crippen molar-refractivity contribution in [3.05, 3.63) is 129 Å². The van der Waals surface area contributed by atoms with E-state index >= 15 is 0 Å². The predicted molar refractivity (Wildman–Crippen MR) is 154 cm³/mol. The van der Waals surface area contributed by atoms with Gasteiger partial charge in [0.2, 0.25) is 5.82 Å². The number of hydrogen-bond acceptors (Lipinski definition) is 5. The van der Waals surface area contributed by atoms with Gasteiger partial charge in [0.15, 0.2) is 5.76 Å². The average Bonchev–Trinajstić information content (AvgIpc) is 3.35. The summed E-state index contributed by atoms with van der Waals surface area (Å²) < 4.78 is 14.3. The molecule has 0 unspecified atom stereocenters. The van der Waals surface area contributed by atoms with Crippen LogP contribution in [0.2, 0.25) is 0 Å². The molecule has 6 aromatic rings. The van der Waals surface area contributed by atoms with Gasteiger partial charge in [-0.3, -0.25) is 4.79 Å². The van der Waals surface area contributed by atoms with Gasteiger partial charge < -0.3 is 9.15 Å². The maximum Gasteiger partial charge on any atom is 0.282 e. The Balaban J connectivity index is 1.37. The van der Waals surface area contributed by atoms with Gasteiger partial charge in [0.25, 0.3) is 5.56 Å². The van der Waals surface area contributed by atoms with Crippen molar-refractivity contribution in [3.63, 3.8) is 0 Å². The van der Waals surface area contributed by atoms with Gasteiger partial charge in [-0.05, 0) is 66.6 Å². The molecule has 0 radical (unpaired) electrons. The van der Waals surface area contributed by atoms with Gasteiger partial charge in [0, 0.05) is 9.86 Å². The zero-order chi connectivity index (χ0) is 26.1. The lowest BCUT2D eigenvalue weighted by atomic mass is 10.2. The van der Waals surface area contributed by atoms with Crippen molar-refractivity contribution in [3.8, 4) is 17.3 Å². The van der Waals surface area contributed by atoms with Crippen molar-refractivity contribution in [1.82, 2.24) is 9.66 Å². The second-order valence-corrected chi connectivity index (χ2v) is 9.87. The normalized spacial score (nSPS) is 11.5. The van der Waals surface area contributed by atoms with Gasteiger partial charge in [0.1, 0.15) is 17.9 Å². The molecule has 0 N–H and O–H groups in total. The number of furan rings is 1. The standard InChI is InChI=1S/C31H22BrN3O3/c1-20-9-11-21(12-10-20)19-37-25-6-4-5-22(15-25)18-33-35-30(34-27-8-3-2-7-26(27)31(35)36)29-17-23-16-24(32)13-14-28(23)38-29/h2-18H,19H2,1H3. The van der Waals surface area contributed by atoms with E-state index in [4.69, 9.17) is 14.1 Å². The monoisotopic (exact) mass is 563 g/mol. The number of ether oxygens (including phenoxy) is 1. The highest BCUT2D eigenvalue weighted by Crippen LogP contribution is 2.29. The third kappa shape index (κ3) is 4.88. The summed E-state index contributed by atoms with van der Waals surface area (Å²) in [4.78, 5) is 18.2. The lowest BCUT2D eigenvalue weighted by Gasteiger charge is -2.08. The first-order chi connectivity index (χ1) is 18.5. The highest BCUT2D eigenvalue weighted by molar-refractivity contribution is 9.10. The summed E-state index contributed by atoms with van der Waals surface area (Å²) in [6, 6.07) is 30.6. The van der Waals surface area contributed by atoms with Crippen LogP contribution in [0.4, 0.5) is 0 Å². The zero-order valence-electron chi connectivity index (χ0n) is 20.5. The van der Waals surface area contributed by atoms with E-state index in [0.29, 0.717) is 40.4 Å². The zero-order valence-corrected chi connectivity index (χ0v) is 22.1. The SMILES string of the molecule is Cc1ccc(COc2cccc(C=Nn3c(-c4cc5cc(Br)ccc5o4)nc4ccccc4c3=O)c2)cc1. The molecule has 0 spiro atoms. The highest BCUT2D eigenvalue weighted by Gasteiger charge is 2.16. The maximum atomic E-state index is 13.5. The minimum absolute atomic E-state index is 0.282. The van der Waals surface area contributed by atoms with Crippen molar-refractivity contribution < 1.29 is 9.15 Å². The van der Waals surface area contributed by atoms with E-state index in [2.05, 4.69) is 52.2 Å². The van der Waals surface area contributed by atoms with E-state index in [1.807, 2.05) is 66.7 Å². The Morgan fingerprint density at radius 3 is 2.68 bits per heavy atom. The quantitative estimate of drug-likeness (QED) is 0.199. The number of rotatable bonds is 6. The second kappa shape index (κ2) is 10.1. The molecule has 0 aliphatic rings. The lowest BCUT2D eigenvalue weighted by Crippen LogP contribution is -2.20. The van der Waals surface area contributed by atoms with Gasteiger partial charge in [-0.15, -0.1) is 0 Å². The van der Waals surface area contributed by atoms with E-state index in [-0.39, 0.29) is 5.56 Å². The van der Waals surface area contributed by atoms with E-state index in [1.165, 1.54) is 10.2 Å². The summed E-state index contributed by atoms with van der Waals surface area (Å²) in [5, 5.41) is 5.92. The fourth-order valence-electron chi connectivity index (χ4n) is 4.17. The topological polar surface area (TPSA) is 69.6 Å². The van der Waals surface area contributed by atoms with Crippen LogP contribution < -0.4 is 10.3 Å². The van der Waals surface area contributed by atoms with Crippen LogP contribution in [0.25, 0.3) is 33.5 Å². The Bertz CT molecular complexity index is 1870. The Morgan fingerprint density at radius 2 is 1.82 bits per heavy atom. The van der Waals surface area contributed by atoms with Crippen LogP contribution in [0.1, 0.15) is 16.7 Å². The predicted octanol–water partition coefficient (Wildman–Crippen LogP) is 7.34. The molecule has 6 rings (SSSR count). The molecule has 2 heterocycles. The average molecular weight is 564 g/mol. The summed E-state index contributed by atoms with van der Waals surface area (Å²) >= 11 is 3.49. The van der Waals surface area contributed by atoms with E-state index in [1.54, 1.807) is 12.3 Å². The molecule has 38 heavy (non-hydrogen) atoms. The van der Waals surface area contributed by atoms with E-state index < -0.39 is 0 Å². The first kappa shape index (κ1) is 23.9. The van der Waals surface area contributed by atoms with Gasteiger partial charge in [-0.1, -0.05) is 70.0 Å². The first-order valence-electron chi connectivity index (χ1n) is 12.1. The molecule has 0 saturated heterocycles. The molecular formula is C31H22BrN3O3. The molecule has 4 aromatic carbocycles. The lowest BCUT2D eigenvalue weighted by molar-refractivity contribution is 0.306. The molecule has 2 aromatic heterocycles. The summed E-state index contributed by atoms with van der Waals surface area (Å²) in [5.41, 5.74) is 4.07. The molecule has 0 fully saturated rings. The maximum absolute atomic E-state index is 13.5. The molecule has 0 amide bonds. The fourth-order valence-corrected chi connectivity index (χ4v) is 4.55. The van der Waals surface area contributed by atoms with Gasteiger partial charge >= 0.3 is 0 Å². The van der Waals surface area contributed by atoms with Crippen molar-refractivity contribution in [2.45, 2.75) is 13.5 Å². The molecule has 0 saturated carbocycles. The third-order valence-electron chi connectivity index (χ3n) is 6.16. The number of hydrogen-bond donors (Lipinski definition) is 0. The van der Waals surface area contributed by atoms with Gasteiger partial charge in [-0.2, -0.15) is 9.78 Å². The Morgan fingerprint density at radius 1 is 0.974 bits per heavy atom. The van der Waals surface area contributed by atoms with Crippen LogP contribution in [-0.4, -0.2) is 15.9 Å². The van der Waals surface area contributed by atoms with Crippen LogP contribution in [0.5, 0.6) is 5.75 Å². The number of halogens is 1. The summed E-state index contributed by atoms with van der Waals surface area (Å²) in [6.07, 6.45) is 1.62. The molecule has 0 atom stereocenters. The molecule has 7 heteroatoms.